The number of carbonyl (C=O) groups excluding carboxylic acids is 1. The van der Waals surface area contributed by atoms with Crippen LogP contribution in [0.5, 0.6) is 28.7 Å². The second-order valence-corrected chi connectivity index (χ2v) is 7.48. The predicted octanol–water partition coefficient (Wildman–Crippen LogP) is 3.30. The first-order valence-corrected chi connectivity index (χ1v) is 9.74. The Labute approximate surface area is 186 Å². The molecule has 2 atom stereocenters. The molecule has 0 saturated carbocycles. The van der Waals surface area contributed by atoms with E-state index in [9.17, 15) is 4.79 Å². The van der Waals surface area contributed by atoms with Crippen molar-refractivity contribution in [2.75, 3.05) is 41.7 Å². The zero-order valence-corrected chi connectivity index (χ0v) is 18.5. The van der Waals surface area contributed by atoms with Crippen LogP contribution in [-0.2, 0) is 11.2 Å². The fraction of sp³-hybridized carbons (Fsp3) is 0.409. The van der Waals surface area contributed by atoms with Crippen LogP contribution in [0.25, 0.3) is 0 Å². The van der Waals surface area contributed by atoms with Crippen LogP contribution in [0.4, 0.5) is 0 Å². The van der Waals surface area contributed by atoms with E-state index in [1.807, 2.05) is 19.2 Å². The summed E-state index contributed by atoms with van der Waals surface area (Å²) in [6, 6.07) is 5.43. The number of likely N-dealkylation sites (N-methyl/N-ethyl adjacent to an activating group) is 1. The third kappa shape index (κ3) is 3.04. The molecule has 0 N–H and O–H groups in total. The van der Waals surface area contributed by atoms with Crippen molar-refractivity contribution in [1.82, 2.24) is 4.90 Å². The molecule has 5 rings (SSSR count). The second kappa shape index (κ2) is 8.01. The zero-order chi connectivity index (χ0) is 21.0. The van der Waals surface area contributed by atoms with E-state index in [-0.39, 0.29) is 25.2 Å². The van der Waals surface area contributed by atoms with Gasteiger partial charge >= 0.3 is 5.97 Å². The number of esters is 1. The fourth-order valence-corrected chi connectivity index (χ4v) is 4.71. The molecule has 0 bridgehead atoms. The van der Waals surface area contributed by atoms with Crippen LogP contribution in [0.2, 0.25) is 0 Å². The average molecular weight is 450 g/mol. The number of methoxy groups -OCH3 is 3. The number of halogens is 1. The number of rotatable bonds is 4. The van der Waals surface area contributed by atoms with Gasteiger partial charge in [-0.1, -0.05) is 6.07 Å². The summed E-state index contributed by atoms with van der Waals surface area (Å²) in [5.74, 6) is 2.36. The van der Waals surface area contributed by atoms with Crippen molar-refractivity contribution in [3.05, 3.63) is 40.5 Å². The summed E-state index contributed by atoms with van der Waals surface area (Å²) < 4.78 is 33.8. The lowest BCUT2D eigenvalue weighted by atomic mass is 9.85. The van der Waals surface area contributed by atoms with Crippen molar-refractivity contribution in [2.45, 2.75) is 18.6 Å². The van der Waals surface area contributed by atoms with E-state index in [0.717, 1.165) is 29.7 Å². The monoisotopic (exact) mass is 449 g/mol. The number of fused-ring (bicyclic) bond motifs is 3. The smallest absolute Gasteiger partial charge is 0.343 e. The molecule has 3 aliphatic heterocycles. The van der Waals surface area contributed by atoms with Gasteiger partial charge in [0.05, 0.1) is 27.4 Å². The normalized spacial score (nSPS) is 21.0. The standard InChI is InChI=1S/C22H23NO7.ClH/c1-23-8-7-11-9-14-20(29-10-28-14)21(27-4)15(11)17(23)18-12-5-6-13(25-2)19(26-3)16(12)22(24)30-18;/h5-6,9,17-18H,7-8,10H2,1-4H3;1H/t17-,18-;/m1./s1. The van der Waals surface area contributed by atoms with Crippen LogP contribution >= 0.6 is 12.4 Å². The predicted molar refractivity (Wildman–Crippen MR) is 113 cm³/mol. The topological polar surface area (TPSA) is 75.7 Å². The molecule has 2 aromatic rings. The van der Waals surface area contributed by atoms with Gasteiger partial charge in [0, 0.05) is 17.7 Å². The third-order valence-electron chi connectivity index (χ3n) is 6.06. The van der Waals surface area contributed by atoms with Crippen LogP contribution in [-0.4, -0.2) is 52.6 Å². The van der Waals surface area contributed by atoms with Crippen molar-refractivity contribution in [1.29, 1.82) is 0 Å². The summed E-state index contributed by atoms with van der Waals surface area (Å²) in [6.45, 7) is 0.963. The number of cyclic esters (lactones) is 1. The maximum Gasteiger partial charge on any atom is 0.343 e. The molecule has 0 unspecified atom stereocenters. The van der Waals surface area contributed by atoms with Gasteiger partial charge in [-0.15, -0.1) is 12.4 Å². The Hall–Kier alpha value is -2.84. The second-order valence-electron chi connectivity index (χ2n) is 7.48. The Morgan fingerprint density at radius 1 is 1.06 bits per heavy atom. The largest absolute Gasteiger partial charge is 0.493 e. The van der Waals surface area contributed by atoms with E-state index in [2.05, 4.69) is 4.90 Å². The van der Waals surface area contributed by atoms with Gasteiger partial charge in [0.1, 0.15) is 11.7 Å². The Bertz CT molecular complexity index is 1040. The van der Waals surface area contributed by atoms with Crippen molar-refractivity contribution >= 4 is 18.4 Å². The number of carbonyl (C=O) groups is 1. The van der Waals surface area contributed by atoms with Crippen LogP contribution in [0.1, 0.15) is 39.2 Å². The fourth-order valence-electron chi connectivity index (χ4n) is 4.71. The molecule has 0 fully saturated rings. The molecule has 3 aliphatic rings. The molecule has 3 heterocycles. The minimum atomic E-state index is -0.523. The molecular formula is C22H24ClNO7. The summed E-state index contributed by atoms with van der Waals surface area (Å²) in [5, 5.41) is 0. The van der Waals surface area contributed by atoms with Crippen molar-refractivity contribution in [3.63, 3.8) is 0 Å². The van der Waals surface area contributed by atoms with Gasteiger partial charge in [0.15, 0.2) is 23.0 Å². The summed E-state index contributed by atoms with van der Waals surface area (Å²) in [5.41, 5.74) is 3.23. The summed E-state index contributed by atoms with van der Waals surface area (Å²) in [7, 11) is 6.70. The summed E-state index contributed by atoms with van der Waals surface area (Å²) >= 11 is 0. The van der Waals surface area contributed by atoms with Crippen molar-refractivity contribution in [2.24, 2.45) is 0 Å². The van der Waals surface area contributed by atoms with Gasteiger partial charge < -0.3 is 28.4 Å². The molecule has 0 aliphatic carbocycles. The summed E-state index contributed by atoms with van der Waals surface area (Å²) in [4.78, 5) is 15.1. The van der Waals surface area contributed by atoms with E-state index < -0.39 is 12.1 Å². The quantitative estimate of drug-likeness (QED) is 0.658. The Morgan fingerprint density at radius 3 is 2.55 bits per heavy atom. The lowest BCUT2D eigenvalue weighted by molar-refractivity contribution is 0.00874. The zero-order valence-electron chi connectivity index (χ0n) is 17.7. The Balaban J connectivity index is 0.00000231. The number of benzene rings is 2. The number of nitrogens with zero attached hydrogens (tertiary/aromatic N) is 1. The molecule has 0 aromatic heterocycles. The number of hydrogen-bond donors (Lipinski definition) is 0. The van der Waals surface area contributed by atoms with E-state index in [4.69, 9.17) is 28.4 Å². The minimum absolute atomic E-state index is 0. The van der Waals surface area contributed by atoms with Crippen LogP contribution < -0.4 is 23.7 Å². The molecule has 0 radical (unpaired) electrons. The summed E-state index contributed by atoms with van der Waals surface area (Å²) in [6.07, 6.45) is 0.306. The molecule has 9 heteroatoms. The average Bonchev–Trinajstić information content (AvgIpc) is 3.35. The highest BCUT2D eigenvalue weighted by Crippen LogP contribution is 2.55. The Morgan fingerprint density at radius 2 is 1.84 bits per heavy atom. The third-order valence-corrected chi connectivity index (χ3v) is 6.06. The highest BCUT2D eigenvalue weighted by molar-refractivity contribution is 5.98. The minimum Gasteiger partial charge on any atom is -0.493 e. The van der Waals surface area contributed by atoms with Gasteiger partial charge in [-0.2, -0.15) is 0 Å². The lowest BCUT2D eigenvalue weighted by Crippen LogP contribution is -2.36. The first-order chi connectivity index (χ1) is 14.6. The molecule has 0 amide bonds. The van der Waals surface area contributed by atoms with Gasteiger partial charge in [0.25, 0.3) is 0 Å². The van der Waals surface area contributed by atoms with Gasteiger partial charge in [0.2, 0.25) is 12.5 Å². The van der Waals surface area contributed by atoms with E-state index in [0.29, 0.717) is 34.3 Å². The van der Waals surface area contributed by atoms with Crippen molar-refractivity contribution < 1.29 is 33.2 Å². The lowest BCUT2D eigenvalue weighted by Gasteiger charge is -2.38. The molecule has 2 aromatic carbocycles. The van der Waals surface area contributed by atoms with Gasteiger partial charge in [-0.25, -0.2) is 4.79 Å². The van der Waals surface area contributed by atoms with Crippen LogP contribution in [0, 0.1) is 0 Å². The first kappa shape index (κ1) is 21.4. The van der Waals surface area contributed by atoms with E-state index in [1.165, 1.54) is 7.11 Å². The van der Waals surface area contributed by atoms with Gasteiger partial charge in [-0.3, -0.25) is 4.90 Å². The van der Waals surface area contributed by atoms with Crippen LogP contribution in [0.15, 0.2) is 18.2 Å². The molecule has 8 nitrogen and oxygen atoms in total. The maximum absolute atomic E-state index is 12.9. The highest BCUT2D eigenvalue weighted by Gasteiger charge is 2.46. The van der Waals surface area contributed by atoms with E-state index in [1.54, 1.807) is 20.3 Å². The molecule has 31 heavy (non-hydrogen) atoms. The van der Waals surface area contributed by atoms with Gasteiger partial charge in [-0.05, 0) is 31.2 Å². The molecule has 0 saturated heterocycles. The number of hydrogen-bond acceptors (Lipinski definition) is 8. The number of ether oxygens (including phenoxy) is 6. The van der Waals surface area contributed by atoms with Crippen molar-refractivity contribution in [3.8, 4) is 28.7 Å². The van der Waals surface area contributed by atoms with Crippen LogP contribution in [0.3, 0.4) is 0 Å². The maximum atomic E-state index is 12.9. The molecule has 0 spiro atoms. The SMILES string of the molecule is COc1ccc2c(c1OC)C(=O)O[C@H]2[C@H]1c2c(cc3c(c2OC)OCO3)CCN1C.Cl. The van der Waals surface area contributed by atoms with E-state index >= 15 is 0 Å². The Kier molecular flexibility index (Phi) is 5.53. The highest BCUT2D eigenvalue weighted by atomic mass is 35.5. The first-order valence-electron chi connectivity index (χ1n) is 9.74. The molecular weight excluding hydrogens is 426 g/mol. The molecule has 166 valence electrons.